The van der Waals surface area contributed by atoms with Crippen LogP contribution < -0.4 is 10.6 Å². The standard InChI is InChI=1S/C14H25N5O5/c1-10(20)18-11(9-12(21)24-14(2,3)4)13(22)16-5-7-23-8-6-17-19-15/h11H,5-9H2,1-4H3,(H,16,22)(H,18,20)/t11-/m0/s1. The minimum atomic E-state index is -1.01. The minimum absolute atomic E-state index is 0.194. The molecular formula is C14H25N5O5. The van der Waals surface area contributed by atoms with Crippen molar-refractivity contribution in [3.63, 3.8) is 0 Å². The maximum atomic E-state index is 12.1. The highest BCUT2D eigenvalue weighted by atomic mass is 16.6. The van der Waals surface area contributed by atoms with Gasteiger partial charge < -0.3 is 20.1 Å². The molecule has 2 N–H and O–H groups in total. The zero-order chi connectivity index (χ0) is 18.6. The van der Waals surface area contributed by atoms with Crippen LogP contribution in [0.4, 0.5) is 0 Å². The van der Waals surface area contributed by atoms with E-state index in [0.717, 1.165) is 0 Å². The summed E-state index contributed by atoms with van der Waals surface area (Å²) in [5.41, 5.74) is 7.42. The largest absolute Gasteiger partial charge is 0.460 e. The van der Waals surface area contributed by atoms with Crippen molar-refractivity contribution in [3.8, 4) is 0 Å². The molecule has 0 radical (unpaired) electrons. The van der Waals surface area contributed by atoms with E-state index >= 15 is 0 Å². The number of nitrogens with one attached hydrogen (secondary N) is 2. The SMILES string of the molecule is CC(=O)N[C@@H](CC(=O)OC(C)(C)C)C(=O)NCCOCCN=[N+]=[N-]. The third-order valence-corrected chi connectivity index (χ3v) is 2.43. The van der Waals surface area contributed by atoms with Gasteiger partial charge in [0, 0.05) is 24.9 Å². The number of ether oxygens (including phenoxy) is 2. The van der Waals surface area contributed by atoms with E-state index in [2.05, 4.69) is 20.7 Å². The molecule has 0 aromatic heterocycles. The van der Waals surface area contributed by atoms with Crippen LogP contribution in [-0.2, 0) is 23.9 Å². The minimum Gasteiger partial charge on any atom is -0.460 e. The zero-order valence-corrected chi connectivity index (χ0v) is 14.5. The average molecular weight is 343 g/mol. The molecule has 0 bridgehead atoms. The predicted molar refractivity (Wildman–Crippen MR) is 85.9 cm³/mol. The third-order valence-electron chi connectivity index (χ3n) is 2.43. The smallest absolute Gasteiger partial charge is 0.308 e. The van der Waals surface area contributed by atoms with E-state index in [0.29, 0.717) is 0 Å². The molecular weight excluding hydrogens is 318 g/mol. The van der Waals surface area contributed by atoms with Crippen molar-refractivity contribution in [2.45, 2.75) is 45.8 Å². The van der Waals surface area contributed by atoms with E-state index in [4.69, 9.17) is 15.0 Å². The quantitative estimate of drug-likeness (QED) is 0.197. The summed E-state index contributed by atoms with van der Waals surface area (Å²) in [6, 6.07) is -1.01. The summed E-state index contributed by atoms with van der Waals surface area (Å²) in [5.74, 6) is -1.51. The second-order valence-electron chi connectivity index (χ2n) is 5.90. The Kier molecular flexibility index (Phi) is 10.2. The number of hydrogen-bond donors (Lipinski definition) is 2. The van der Waals surface area contributed by atoms with Gasteiger partial charge in [-0.25, -0.2) is 0 Å². The maximum Gasteiger partial charge on any atom is 0.308 e. The molecule has 2 amide bonds. The van der Waals surface area contributed by atoms with Gasteiger partial charge in [-0.2, -0.15) is 0 Å². The van der Waals surface area contributed by atoms with Crippen molar-refractivity contribution < 1.29 is 23.9 Å². The Morgan fingerprint density at radius 3 is 2.46 bits per heavy atom. The van der Waals surface area contributed by atoms with Crippen molar-refractivity contribution in [2.75, 3.05) is 26.3 Å². The fraction of sp³-hybridized carbons (Fsp3) is 0.786. The summed E-state index contributed by atoms with van der Waals surface area (Å²) in [6.45, 7) is 7.26. The summed E-state index contributed by atoms with van der Waals surface area (Å²) in [4.78, 5) is 37.6. The fourth-order valence-corrected chi connectivity index (χ4v) is 1.63. The molecule has 10 nitrogen and oxygen atoms in total. The third kappa shape index (κ3) is 12.2. The Balaban J connectivity index is 4.32. The Morgan fingerprint density at radius 2 is 1.92 bits per heavy atom. The first-order valence-corrected chi connectivity index (χ1v) is 7.51. The molecule has 10 heteroatoms. The molecule has 0 aromatic carbocycles. The number of amides is 2. The van der Waals surface area contributed by atoms with Crippen LogP contribution in [-0.4, -0.2) is 55.7 Å². The Hall–Kier alpha value is -2.32. The van der Waals surface area contributed by atoms with E-state index in [1.807, 2.05) is 0 Å². The van der Waals surface area contributed by atoms with Gasteiger partial charge in [0.15, 0.2) is 0 Å². The zero-order valence-electron chi connectivity index (χ0n) is 14.5. The van der Waals surface area contributed by atoms with Crippen LogP contribution in [0.5, 0.6) is 0 Å². The highest BCUT2D eigenvalue weighted by Crippen LogP contribution is 2.09. The first-order chi connectivity index (χ1) is 11.2. The van der Waals surface area contributed by atoms with E-state index in [1.165, 1.54) is 6.92 Å². The highest BCUT2D eigenvalue weighted by Gasteiger charge is 2.25. The fourth-order valence-electron chi connectivity index (χ4n) is 1.63. The van der Waals surface area contributed by atoms with Crippen LogP contribution in [0.3, 0.4) is 0 Å². The van der Waals surface area contributed by atoms with E-state index < -0.39 is 29.4 Å². The summed E-state index contributed by atoms with van der Waals surface area (Å²) in [7, 11) is 0. The molecule has 0 rings (SSSR count). The van der Waals surface area contributed by atoms with Gasteiger partial charge in [0.05, 0.1) is 19.6 Å². The van der Waals surface area contributed by atoms with Gasteiger partial charge in [-0.1, -0.05) is 5.11 Å². The lowest BCUT2D eigenvalue weighted by atomic mass is 10.1. The Bertz CT molecular complexity index is 482. The van der Waals surface area contributed by atoms with Crippen molar-refractivity contribution in [1.82, 2.24) is 10.6 Å². The lowest BCUT2D eigenvalue weighted by molar-refractivity contribution is -0.156. The topological polar surface area (TPSA) is 142 Å². The first-order valence-electron chi connectivity index (χ1n) is 7.51. The second-order valence-corrected chi connectivity index (χ2v) is 5.90. The van der Waals surface area contributed by atoms with Crippen LogP contribution in [0.25, 0.3) is 10.4 Å². The van der Waals surface area contributed by atoms with E-state index in [1.54, 1.807) is 20.8 Å². The van der Waals surface area contributed by atoms with Crippen LogP contribution in [0, 0.1) is 0 Å². The Morgan fingerprint density at radius 1 is 1.25 bits per heavy atom. The maximum absolute atomic E-state index is 12.1. The van der Waals surface area contributed by atoms with Gasteiger partial charge in [-0.3, -0.25) is 14.4 Å². The lowest BCUT2D eigenvalue weighted by Crippen LogP contribution is -2.48. The first kappa shape index (κ1) is 21.7. The van der Waals surface area contributed by atoms with Crippen LogP contribution in [0.2, 0.25) is 0 Å². The lowest BCUT2D eigenvalue weighted by Gasteiger charge is -2.22. The van der Waals surface area contributed by atoms with Crippen molar-refractivity contribution in [2.24, 2.45) is 5.11 Å². The van der Waals surface area contributed by atoms with Gasteiger partial charge in [-0.05, 0) is 26.3 Å². The number of hydrogen-bond acceptors (Lipinski definition) is 6. The molecule has 0 saturated carbocycles. The number of carbonyl (C=O) groups is 3. The van der Waals surface area contributed by atoms with Crippen molar-refractivity contribution in [1.29, 1.82) is 0 Å². The van der Waals surface area contributed by atoms with Gasteiger partial charge in [0.2, 0.25) is 11.8 Å². The van der Waals surface area contributed by atoms with E-state index in [-0.39, 0.29) is 32.7 Å². The molecule has 0 unspecified atom stereocenters. The average Bonchev–Trinajstić information content (AvgIpc) is 2.42. The molecule has 0 aliphatic heterocycles. The van der Waals surface area contributed by atoms with Gasteiger partial charge in [0.1, 0.15) is 11.6 Å². The number of carbonyl (C=O) groups excluding carboxylic acids is 3. The Labute approximate surface area is 140 Å². The van der Waals surface area contributed by atoms with Gasteiger partial charge >= 0.3 is 5.97 Å². The monoisotopic (exact) mass is 343 g/mol. The molecule has 0 heterocycles. The number of nitrogens with zero attached hydrogens (tertiary/aromatic N) is 3. The molecule has 0 aromatic rings. The number of esters is 1. The predicted octanol–water partition coefficient (Wildman–Crippen LogP) is 0.666. The molecule has 0 saturated heterocycles. The van der Waals surface area contributed by atoms with Gasteiger partial charge in [0.25, 0.3) is 0 Å². The molecule has 0 spiro atoms. The molecule has 1 atom stereocenters. The van der Waals surface area contributed by atoms with Crippen molar-refractivity contribution >= 4 is 17.8 Å². The second kappa shape index (κ2) is 11.3. The van der Waals surface area contributed by atoms with Crippen LogP contribution >= 0.6 is 0 Å². The van der Waals surface area contributed by atoms with E-state index in [9.17, 15) is 14.4 Å². The highest BCUT2D eigenvalue weighted by molar-refractivity contribution is 5.90. The number of azide groups is 1. The summed E-state index contributed by atoms with van der Waals surface area (Å²) in [6.07, 6.45) is -0.263. The van der Waals surface area contributed by atoms with Crippen molar-refractivity contribution in [3.05, 3.63) is 10.4 Å². The van der Waals surface area contributed by atoms with Gasteiger partial charge in [-0.15, -0.1) is 0 Å². The molecule has 24 heavy (non-hydrogen) atoms. The number of rotatable bonds is 10. The van der Waals surface area contributed by atoms with Crippen LogP contribution in [0.1, 0.15) is 34.1 Å². The summed E-state index contributed by atoms with van der Waals surface area (Å²) in [5, 5.41) is 8.27. The summed E-state index contributed by atoms with van der Waals surface area (Å²) < 4.78 is 10.3. The molecule has 0 aliphatic rings. The summed E-state index contributed by atoms with van der Waals surface area (Å²) >= 11 is 0. The molecule has 136 valence electrons. The van der Waals surface area contributed by atoms with Crippen LogP contribution in [0.15, 0.2) is 5.11 Å². The molecule has 0 aliphatic carbocycles. The normalized spacial score (nSPS) is 11.8. The molecule has 0 fully saturated rings.